The Kier molecular flexibility index (Phi) is 2.79. The van der Waals surface area contributed by atoms with Crippen molar-refractivity contribution in [1.29, 1.82) is 5.26 Å². The highest BCUT2D eigenvalue weighted by Crippen LogP contribution is 2.19. The second-order valence-corrected chi connectivity index (χ2v) is 3.22. The molecule has 0 fully saturated rings. The summed E-state index contributed by atoms with van der Waals surface area (Å²) in [7, 11) is 1.81. The van der Waals surface area contributed by atoms with Crippen molar-refractivity contribution in [1.82, 2.24) is 9.97 Å². The molecule has 2 heterocycles. The van der Waals surface area contributed by atoms with Gasteiger partial charge in [0.1, 0.15) is 5.82 Å². The van der Waals surface area contributed by atoms with Crippen LogP contribution < -0.4 is 5.32 Å². The molecule has 2 rings (SSSR count). The number of nitrogens with zero attached hydrogens (tertiary/aromatic N) is 3. The van der Waals surface area contributed by atoms with Crippen LogP contribution in [0.2, 0.25) is 0 Å². The molecule has 4 heteroatoms. The second kappa shape index (κ2) is 4.41. The van der Waals surface area contributed by atoms with Crippen LogP contribution in [0, 0.1) is 11.3 Å². The van der Waals surface area contributed by atoms with Gasteiger partial charge < -0.3 is 5.32 Å². The molecule has 0 amide bonds. The van der Waals surface area contributed by atoms with Crippen LogP contribution >= 0.6 is 0 Å². The zero-order chi connectivity index (χ0) is 11.4. The number of rotatable bonds is 2. The molecule has 0 atom stereocenters. The molecule has 0 unspecified atom stereocenters. The largest absolute Gasteiger partial charge is 0.373 e. The summed E-state index contributed by atoms with van der Waals surface area (Å²) in [5.41, 5.74) is 2.32. The van der Waals surface area contributed by atoms with Crippen LogP contribution in [0.4, 0.5) is 5.82 Å². The number of hydrogen-bond acceptors (Lipinski definition) is 4. The average Bonchev–Trinajstić information content (AvgIpc) is 2.39. The Labute approximate surface area is 93.6 Å². The van der Waals surface area contributed by atoms with Crippen molar-refractivity contribution in [3.63, 3.8) is 0 Å². The van der Waals surface area contributed by atoms with Crippen molar-refractivity contribution in [2.45, 2.75) is 0 Å². The van der Waals surface area contributed by atoms with Crippen LogP contribution in [0.5, 0.6) is 0 Å². The van der Waals surface area contributed by atoms with E-state index < -0.39 is 0 Å². The van der Waals surface area contributed by atoms with E-state index in [4.69, 9.17) is 5.26 Å². The summed E-state index contributed by atoms with van der Waals surface area (Å²) < 4.78 is 0. The van der Waals surface area contributed by atoms with Crippen LogP contribution in [-0.4, -0.2) is 17.0 Å². The molecule has 0 aliphatic rings. The monoisotopic (exact) mass is 210 g/mol. The normalized spacial score (nSPS) is 9.50. The summed E-state index contributed by atoms with van der Waals surface area (Å²) >= 11 is 0. The number of hydrogen-bond donors (Lipinski definition) is 1. The standard InChI is InChI=1S/C12H10N4/c1-14-12-7-10(3-5-16-12)11-6-9(8-13)2-4-15-11/h2-7H,1H3,(H,14,16). The van der Waals surface area contributed by atoms with Crippen molar-refractivity contribution in [3.8, 4) is 17.3 Å². The summed E-state index contributed by atoms with van der Waals surface area (Å²) in [5, 5.41) is 11.8. The van der Waals surface area contributed by atoms with Crippen molar-refractivity contribution in [3.05, 3.63) is 42.2 Å². The first-order chi connectivity index (χ1) is 7.83. The second-order valence-electron chi connectivity index (χ2n) is 3.22. The summed E-state index contributed by atoms with van der Waals surface area (Å²) in [6.07, 6.45) is 3.34. The minimum absolute atomic E-state index is 0.604. The fourth-order valence-corrected chi connectivity index (χ4v) is 1.38. The lowest BCUT2D eigenvalue weighted by molar-refractivity contribution is 1.26. The minimum Gasteiger partial charge on any atom is -0.373 e. The van der Waals surface area contributed by atoms with Crippen LogP contribution in [-0.2, 0) is 0 Å². The highest BCUT2D eigenvalue weighted by molar-refractivity contribution is 5.63. The Balaban J connectivity index is 2.46. The fraction of sp³-hybridized carbons (Fsp3) is 0.0833. The van der Waals surface area contributed by atoms with Gasteiger partial charge in [0.05, 0.1) is 17.3 Å². The maximum atomic E-state index is 8.81. The van der Waals surface area contributed by atoms with E-state index in [0.717, 1.165) is 17.1 Å². The van der Waals surface area contributed by atoms with Crippen molar-refractivity contribution >= 4 is 5.82 Å². The molecule has 0 spiro atoms. The number of aromatic nitrogens is 2. The van der Waals surface area contributed by atoms with Gasteiger partial charge in [0.15, 0.2) is 0 Å². The van der Waals surface area contributed by atoms with Gasteiger partial charge in [-0.3, -0.25) is 4.98 Å². The quantitative estimate of drug-likeness (QED) is 0.824. The van der Waals surface area contributed by atoms with E-state index in [1.165, 1.54) is 0 Å². The molecule has 4 nitrogen and oxygen atoms in total. The van der Waals surface area contributed by atoms with E-state index in [1.54, 1.807) is 24.5 Å². The number of nitrogens with one attached hydrogen (secondary N) is 1. The predicted molar refractivity (Wildman–Crippen MR) is 61.7 cm³/mol. The van der Waals surface area contributed by atoms with Gasteiger partial charge in [-0.05, 0) is 24.3 Å². The first kappa shape index (κ1) is 10.1. The van der Waals surface area contributed by atoms with Crippen molar-refractivity contribution in [2.75, 3.05) is 12.4 Å². The molecule has 0 aliphatic heterocycles. The van der Waals surface area contributed by atoms with Gasteiger partial charge in [-0.1, -0.05) is 0 Å². The third-order valence-corrected chi connectivity index (χ3v) is 2.20. The molecule has 0 aliphatic carbocycles. The van der Waals surface area contributed by atoms with E-state index in [2.05, 4.69) is 21.4 Å². The lowest BCUT2D eigenvalue weighted by atomic mass is 10.1. The molecule has 16 heavy (non-hydrogen) atoms. The SMILES string of the molecule is CNc1cc(-c2cc(C#N)ccn2)ccn1. The van der Waals surface area contributed by atoms with Crippen LogP contribution in [0.3, 0.4) is 0 Å². The lowest BCUT2D eigenvalue weighted by Crippen LogP contribution is -1.92. The number of nitriles is 1. The summed E-state index contributed by atoms with van der Waals surface area (Å²) in [5.74, 6) is 0.779. The van der Waals surface area contributed by atoms with Gasteiger partial charge in [-0.15, -0.1) is 0 Å². The smallest absolute Gasteiger partial charge is 0.126 e. The summed E-state index contributed by atoms with van der Waals surface area (Å²) in [6, 6.07) is 9.30. The first-order valence-electron chi connectivity index (χ1n) is 4.84. The molecule has 0 saturated carbocycles. The first-order valence-corrected chi connectivity index (χ1v) is 4.84. The van der Waals surface area contributed by atoms with E-state index >= 15 is 0 Å². The molecule has 2 aromatic rings. The van der Waals surface area contributed by atoms with Gasteiger partial charge in [-0.2, -0.15) is 5.26 Å². The fourth-order valence-electron chi connectivity index (χ4n) is 1.38. The molecule has 0 radical (unpaired) electrons. The molecule has 0 aromatic carbocycles. The molecule has 1 N–H and O–H groups in total. The van der Waals surface area contributed by atoms with Gasteiger partial charge in [0.25, 0.3) is 0 Å². The zero-order valence-corrected chi connectivity index (χ0v) is 8.81. The number of anilines is 1. The molecule has 78 valence electrons. The predicted octanol–water partition coefficient (Wildman–Crippen LogP) is 2.06. The van der Waals surface area contributed by atoms with Gasteiger partial charge in [0, 0.05) is 25.0 Å². The Hall–Kier alpha value is -2.41. The summed E-state index contributed by atoms with van der Waals surface area (Å²) in [4.78, 5) is 8.35. The molecule has 2 aromatic heterocycles. The van der Waals surface area contributed by atoms with Crippen LogP contribution in [0.25, 0.3) is 11.3 Å². The minimum atomic E-state index is 0.604. The van der Waals surface area contributed by atoms with E-state index in [-0.39, 0.29) is 0 Å². The van der Waals surface area contributed by atoms with Gasteiger partial charge in [-0.25, -0.2) is 4.98 Å². The maximum absolute atomic E-state index is 8.81. The van der Waals surface area contributed by atoms with Gasteiger partial charge in [0.2, 0.25) is 0 Å². The Morgan fingerprint density at radius 2 is 2.00 bits per heavy atom. The van der Waals surface area contributed by atoms with Gasteiger partial charge >= 0.3 is 0 Å². The topological polar surface area (TPSA) is 61.6 Å². The third kappa shape index (κ3) is 1.98. The van der Waals surface area contributed by atoms with E-state index in [1.807, 2.05) is 19.2 Å². The number of pyridine rings is 2. The van der Waals surface area contributed by atoms with E-state index in [9.17, 15) is 0 Å². The zero-order valence-electron chi connectivity index (χ0n) is 8.81. The Morgan fingerprint density at radius 1 is 1.19 bits per heavy atom. The summed E-state index contributed by atoms with van der Waals surface area (Å²) in [6.45, 7) is 0. The molecular formula is C12H10N4. The van der Waals surface area contributed by atoms with Crippen molar-refractivity contribution < 1.29 is 0 Å². The molecule has 0 saturated heterocycles. The highest BCUT2D eigenvalue weighted by Gasteiger charge is 2.01. The Bertz CT molecular complexity index is 543. The maximum Gasteiger partial charge on any atom is 0.126 e. The average molecular weight is 210 g/mol. The lowest BCUT2D eigenvalue weighted by Gasteiger charge is -2.03. The molecule has 0 bridgehead atoms. The Morgan fingerprint density at radius 3 is 2.75 bits per heavy atom. The highest BCUT2D eigenvalue weighted by atomic mass is 14.9. The van der Waals surface area contributed by atoms with Crippen molar-refractivity contribution in [2.24, 2.45) is 0 Å². The van der Waals surface area contributed by atoms with E-state index in [0.29, 0.717) is 5.56 Å². The van der Waals surface area contributed by atoms with Crippen LogP contribution in [0.1, 0.15) is 5.56 Å². The third-order valence-electron chi connectivity index (χ3n) is 2.20. The molecular weight excluding hydrogens is 200 g/mol. The van der Waals surface area contributed by atoms with Crippen LogP contribution in [0.15, 0.2) is 36.7 Å².